The predicted octanol–water partition coefficient (Wildman–Crippen LogP) is 0.866. The monoisotopic (exact) mass is 240 g/mol. The maximum Gasteiger partial charge on any atom is 0.343 e. The van der Waals surface area contributed by atoms with E-state index in [2.05, 4.69) is 9.72 Å². The van der Waals surface area contributed by atoms with Gasteiger partial charge in [0.25, 0.3) is 0 Å². The Labute approximate surface area is 99.7 Å². The summed E-state index contributed by atoms with van der Waals surface area (Å²) in [7, 11) is 2.90. The first-order valence-electron chi connectivity index (χ1n) is 5.14. The zero-order chi connectivity index (χ0) is 12.7. The zero-order valence-corrected chi connectivity index (χ0v) is 9.93. The van der Waals surface area contributed by atoms with Gasteiger partial charge in [-0.05, 0) is 6.07 Å². The topological polar surface area (TPSA) is 83.7 Å². The number of hydrogen-bond donors (Lipinski definition) is 1. The molecule has 1 aromatic rings. The fourth-order valence-corrected chi connectivity index (χ4v) is 1.21. The second-order valence-corrected chi connectivity index (χ2v) is 3.31. The van der Waals surface area contributed by atoms with Crippen molar-refractivity contribution in [1.29, 1.82) is 0 Å². The second kappa shape index (κ2) is 6.70. The van der Waals surface area contributed by atoms with Gasteiger partial charge in [-0.2, -0.15) is 0 Å². The number of carbonyl (C=O) groups excluding carboxylic acids is 1. The van der Waals surface area contributed by atoms with E-state index in [1.54, 1.807) is 7.11 Å². The molecule has 0 bridgehead atoms. The highest BCUT2D eigenvalue weighted by Gasteiger charge is 2.14. The molecule has 0 aliphatic carbocycles. The quantitative estimate of drug-likeness (QED) is 0.586. The standard InChI is InChI=1S/C11H16N2O4/c1-15-4-3-5-17-10-9(11(14)16-2)6-8(12)7-13-10/h6-7H,3-5,12H2,1-2H3. The van der Waals surface area contributed by atoms with Crippen LogP contribution in [0.2, 0.25) is 0 Å². The number of hydrogen-bond acceptors (Lipinski definition) is 6. The number of nitrogen functional groups attached to an aromatic ring is 1. The van der Waals surface area contributed by atoms with Crippen molar-refractivity contribution < 1.29 is 19.0 Å². The molecule has 0 amide bonds. The molecule has 0 saturated heterocycles. The Kier molecular flexibility index (Phi) is 5.22. The summed E-state index contributed by atoms with van der Waals surface area (Å²) >= 11 is 0. The Balaban J connectivity index is 2.72. The Hall–Kier alpha value is -1.82. The summed E-state index contributed by atoms with van der Waals surface area (Å²) in [5.41, 5.74) is 6.16. The number of nitrogens with two attached hydrogens (primary N) is 1. The molecular weight excluding hydrogens is 224 g/mol. The van der Waals surface area contributed by atoms with Gasteiger partial charge >= 0.3 is 5.97 Å². The summed E-state index contributed by atoms with van der Waals surface area (Å²) in [4.78, 5) is 15.4. The number of carbonyl (C=O) groups is 1. The number of pyridine rings is 1. The lowest BCUT2D eigenvalue weighted by Gasteiger charge is -2.09. The van der Waals surface area contributed by atoms with E-state index in [9.17, 15) is 4.79 Å². The number of anilines is 1. The van der Waals surface area contributed by atoms with Crippen LogP contribution in [0.25, 0.3) is 0 Å². The van der Waals surface area contributed by atoms with E-state index in [0.717, 1.165) is 0 Å². The second-order valence-electron chi connectivity index (χ2n) is 3.31. The highest BCUT2D eigenvalue weighted by molar-refractivity contribution is 5.92. The molecule has 6 heteroatoms. The van der Waals surface area contributed by atoms with Crippen LogP contribution in [-0.4, -0.2) is 38.4 Å². The lowest BCUT2D eigenvalue weighted by Crippen LogP contribution is -2.10. The Morgan fingerprint density at radius 3 is 2.82 bits per heavy atom. The van der Waals surface area contributed by atoms with Crippen molar-refractivity contribution in [3.05, 3.63) is 17.8 Å². The normalized spacial score (nSPS) is 10.0. The van der Waals surface area contributed by atoms with Crippen molar-refractivity contribution in [2.75, 3.05) is 33.2 Å². The Bertz CT molecular complexity index is 382. The van der Waals surface area contributed by atoms with Crippen LogP contribution in [0.5, 0.6) is 5.88 Å². The summed E-state index contributed by atoms with van der Waals surface area (Å²) < 4.78 is 14.9. The first-order chi connectivity index (χ1) is 8.19. The third-order valence-electron chi connectivity index (χ3n) is 2.01. The highest BCUT2D eigenvalue weighted by atomic mass is 16.5. The Morgan fingerprint density at radius 2 is 2.18 bits per heavy atom. The maximum atomic E-state index is 11.5. The lowest BCUT2D eigenvalue weighted by atomic mass is 10.2. The van der Waals surface area contributed by atoms with Gasteiger partial charge in [-0.25, -0.2) is 9.78 Å². The van der Waals surface area contributed by atoms with E-state index in [-0.39, 0.29) is 11.4 Å². The van der Waals surface area contributed by atoms with Gasteiger partial charge < -0.3 is 19.9 Å². The number of nitrogens with zero attached hydrogens (tertiary/aromatic N) is 1. The van der Waals surface area contributed by atoms with Gasteiger partial charge in [0.1, 0.15) is 5.56 Å². The van der Waals surface area contributed by atoms with Crippen molar-refractivity contribution >= 4 is 11.7 Å². The molecule has 1 aromatic heterocycles. The largest absolute Gasteiger partial charge is 0.477 e. The van der Waals surface area contributed by atoms with Crippen molar-refractivity contribution in [1.82, 2.24) is 4.98 Å². The first-order valence-corrected chi connectivity index (χ1v) is 5.14. The number of esters is 1. The van der Waals surface area contributed by atoms with E-state index in [1.807, 2.05) is 0 Å². The van der Waals surface area contributed by atoms with Crippen molar-refractivity contribution in [3.63, 3.8) is 0 Å². The maximum absolute atomic E-state index is 11.5. The van der Waals surface area contributed by atoms with Crippen molar-refractivity contribution in [3.8, 4) is 5.88 Å². The molecule has 0 fully saturated rings. The van der Waals surface area contributed by atoms with Gasteiger partial charge in [-0.3, -0.25) is 0 Å². The van der Waals surface area contributed by atoms with Gasteiger partial charge in [-0.1, -0.05) is 0 Å². The molecule has 0 radical (unpaired) electrons. The molecule has 0 unspecified atom stereocenters. The van der Waals surface area contributed by atoms with Crippen LogP contribution in [0.15, 0.2) is 12.3 Å². The molecule has 0 spiro atoms. The van der Waals surface area contributed by atoms with Crippen LogP contribution in [0.1, 0.15) is 16.8 Å². The van der Waals surface area contributed by atoms with E-state index >= 15 is 0 Å². The van der Waals surface area contributed by atoms with E-state index in [0.29, 0.717) is 25.3 Å². The molecule has 0 aliphatic heterocycles. The Morgan fingerprint density at radius 1 is 1.41 bits per heavy atom. The molecule has 1 heterocycles. The fraction of sp³-hybridized carbons (Fsp3) is 0.455. The van der Waals surface area contributed by atoms with Crippen LogP contribution >= 0.6 is 0 Å². The summed E-state index contributed by atoms with van der Waals surface area (Å²) in [6.45, 7) is 0.997. The predicted molar refractivity (Wildman–Crippen MR) is 62.0 cm³/mol. The average molecular weight is 240 g/mol. The SMILES string of the molecule is COCCCOc1ncc(N)cc1C(=O)OC. The summed E-state index contributed by atoms with van der Waals surface area (Å²) in [6.07, 6.45) is 2.14. The molecule has 0 aromatic carbocycles. The molecule has 6 nitrogen and oxygen atoms in total. The fourth-order valence-electron chi connectivity index (χ4n) is 1.21. The third-order valence-corrected chi connectivity index (χ3v) is 2.01. The van der Waals surface area contributed by atoms with Crippen LogP contribution < -0.4 is 10.5 Å². The minimum absolute atomic E-state index is 0.224. The van der Waals surface area contributed by atoms with Crippen LogP contribution in [-0.2, 0) is 9.47 Å². The smallest absolute Gasteiger partial charge is 0.343 e. The molecule has 1 rings (SSSR count). The highest BCUT2D eigenvalue weighted by Crippen LogP contribution is 2.18. The van der Waals surface area contributed by atoms with Gasteiger partial charge in [0, 0.05) is 20.1 Å². The van der Waals surface area contributed by atoms with Gasteiger partial charge in [0.15, 0.2) is 0 Å². The number of ether oxygens (including phenoxy) is 3. The molecule has 0 aliphatic rings. The van der Waals surface area contributed by atoms with E-state index in [4.69, 9.17) is 15.2 Å². The van der Waals surface area contributed by atoms with Gasteiger partial charge in [0.05, 0.1) is 25.6 Å². The molecular formula is C11H16N2O4. The number of rotatable bonds is 6. The molecule has 17 heavy (non-hydrogen) atoms. The molecule has 2 N–H and O–H groups in total. The average Bonchev–Trinajstić information content (AvgIpc) is 2.35. The third kappa shape index (κ3) is 3.92. The number of aromatic nitrogens is 1. The van der Waals surface area contributed by atoms with Crippen LogP contribution in [0, 0.1) is 0 Å². The molecule has 0 atom stereocenters. The molecule has 0 saturated carbocycles. The van der Waals surface area contributed by atoms with Gasteiger partial charge in [0.2, 0.25) is 5.88 Å². The molecule has 94 valence electrons. The summed E-state index contributed by atoms with van der Waals surface area (Å²) in [6, 6.07) is 1.48. The summed E-state index contributed by atoms with van der Waals surface area (Å²) in [5.74, 6) is -0.298. The minimum atomic E-state index is -0.522. The van der Waals surface area contributed by atoms with Crippen molar-refractivity contribution in [2.24, 2.45) is 0 Å². The van der Waals surface area contributed by atoms with E-state index < -0.39 is 5.97 Å². The van der Waals surface area contributed by atoms with Crippen LogP contribution in [0.3, 0.4) is 0 Å². The minimum Gasteiger partial charge on any atom is -0.477 e. The number of methoxy groups -OCH3 is 2. The first kappa shape index (κ1) is 13.2. The van der Waals surface area contributed by atoms with Crippen LogP contribution in [0.4, 0.5) is 5.69 Å². The van der Waals surface area contributed by atoms with E-state index in [1.165, 1.54) is 19.4 Å². The van der Waals surface area contributed by atoms with Gasteiger partial charge in [-0.15, -0.1) is 0 Å². The summed E-state index contributed by atoms with van der Waals surface area (Å²) in [5, 5.41) is 0. The van der Waals surface area contributed by atoms with Crippen molar-refractivity contribution in [2.45, 2.75) is 6.42 Å². The zero-order valence-electron chi connectivity index (χ0n) is 9.93. The lowest BCUT2D eigenvalue weighted by molar-refractivity contribution is 0.0594.